The summed E-state index contributed by atoms with van der Waals surface area (Å²) in [5, 5.41) is 0. The lowest BCUT2D eigenvalue weighted by Gasteiger charge is -1.95. The summed E-state index contributed by atoms with van der Waals surface area (Å²) in [5.41, 5.74) is 4.23. The summed E-state index contributed by atoms with van der Waals surface area (Å²) >= 11 is 0. The fourth-order valence-electron chi connectivity index (χ4n) is 1.27. The molecule has 0 aliphatic carbocycles. The number of hydrogen-bond acceptors (Lipinski definition) is 2. The Hall–Kier alpha value is -1.38. The maximum atomic E-state index is 4.40. The van der Waals surface area contributed by atoms with Gasteiger partial charge in [0.15, 0.2) is 0 Å². The zero-order valence-electron chi connectivity index (χ0n) is 9.50. The van der Waals surface area contributed by atoms with E-state index in [4.69, 9.17) is 0 Å². The predicted molar refractivity (Wildman–Crippen MR) is 58.5 cm³/mol. The van der Waals surface area contributed by atoms with Gasteiger partial charge in [0.1, 0.15) is 12.0 Å². The molecular formula is C11H17N3. The highest BCUT2D eigenvalue weighted by Crippen LogP contribution is 2.09. The third-order valence-corrected chi connectivity index (χ3v) is 2.13. The Labute approximate surface area is 84.8 Å². The number of fused-ring (bicyclic) bond motifs is 1. The Bertz CT molecular complexity index is 429. The third-order valence-electron chi connectivity index (χ3n) is 2.13. The van der Waals surface area contributed by atoms with E-state index in [1.165, 1.54) is 0 Å². The normalized spacial score (nSPS) is 9.79. The van der Waals surface area contributed by atoms with E-state index in [9.17, 15) is 0 Å². The fourth-order valence-corrected chi connectivity index (χ4v) is 1.27. The average molecular weight is 191 g/mol. The zero-order chi connectivity index (χ0) is 10.7. The molecule has 3 heteroatoms. The molecule has 0 aromatic carbocycles. The lowest BCUT2D eigenvalue weighted by molar-refractivity contribution is 1.01. The van der Waals surface area contributed by atoms with Crippen molar-refractivity contribution in [2.75, 3.05) is 0 Å². The summed E-state index contributed by atoms with van der Waals surface area (Å²) < 4.78 is 2.00. The Balaban J connectivity index is 0.000000461. The van der Waals surface area contributed by atoms with Crippen LogP contribution in [0.15, 0.2) is 12.4 Å². The highest BCUT2D eigenvalue weighted by molar-refractivity contribution is 5.42. The summed E-state index contributed by atoms with van der Waals surface area (Å²) in [5.74, 6) is 0. The molecule has 2 aromatic rings. The van der Waals surface area contributed by atoms with Crippen LogP contribution in [0, 0.1) is 20.8 Å². The summed E-state index contributed by atoms with van der Waals surface area (Å²) in [6, 6.07) is 1.99. The average Bonchev–Trinajstić information content (AvgIpc) is 2.45. The van der Waals surface area contributed by atoms with E-state index < -0.39 is 0 Å². The smallest absolute Gasteiger partial charge is 0.140 e. The Morgan fingerprint density at radius 2 is 1.79 bits per heavy atom. The minimum absolute atomic E-state index is 0.984. The molecular weight excluding hydrogens is 174 g/mol. The number of rotatable bonds is 0. The van der Waals surface area contributed by atoms with Gasteiger partial charge in [-0.2, -0.15) is 0 Å². The van der Waals surface area contributed by atoms with E-state index >= 15 is 0 Å². The Morgan fingerprint density at radius 3 is 2.43 bits per heavy atom. The highest BCUT2D eigenvalue weighted by Gasteiger charge is 2.02. The van der Waals surface area contributed by atoms with Crippen LogP contribution in [0.25, 0.3) is 5.65 Å². The van der Waals surface area contributed by atoms with E-state index in [-0.39, 0.29) is 0 Å². The first-order chi connectivity index (χ1) is 6.68. The van der Waals surface area contributed by atoms with Gasteiger partial charge in [0, 0.05) is 17.5 Å². The second kappa shape index (κ2) is 4.22. The van der Waals surface area contributed by atoms with Crippen molar-refractivity contribution in [3.8, 4) is 0 Å². The lowest BCUT2D eigenvalue weighted by atomic mass is 10.4. The van der Waals surface area contributed by atoms with Crippen molar-refractivity contribution in [1.82, 2.24) is 14.4 Å². The van der Waals surface area contributed by atoms with Gasteiger partial charge in [-0.3, -0.25) is 4.40 Å². The molecule has 0 aliphatic rings. The van der Waals surface area contributed by atoms with Crippen molar-refractivity contribution >= 4 is 5.65 Å². The van der Waals surface area contributed by atoms with Crippen LogP contribution in [0.5, 0.6) is 0 Å². The molecule has 0 spiro atoms. The molecule has 0 fully saturated rings. The number of hydrogen-bond donors (Lipinski definition) is 0. The monoisotopic (exact) mass is 191 g/mol. The Kier molecular flexibility index (Phi) is 3.23. The maximum Gasteiger partial charge on any atom is 0.140 e. The van der Waals surface area contributed by atoms with Crippen molar-refractivity contribution in [3.63, 3.8) is 0 Å². The quantitative estimate of drug-likeness (QED) is 0.641. The van der Waals surface area contributed by atoms with Gasteiger partial charge >= 0.3 is 0 Å². The maximum absolute atomic E-state index is 4.40. The molecule has 2 heterocycles. The predicted octanol–water partition coefficient (Wildman–Crippen LogP) is 2.68. The van der Waals surface area contributed by atoms with Crippen LogP contribution in [0.3, 0.4) is 0 Å². The molecule has 0 bridgehead atoms. The molecule has 0 aliphatic heterocycles. The lowest BCUT2D eigenvalue weighted by Crippen LogP contribution is -1.90. The summed E-state index contributed by atoms with van der Waals surface area (Å²) in [6.07, 6.45) is 1.82. The molecule has 0 saturated heterocycles. The number of nitrogens with zero attached hydrogens (tertiary/aromatic N) is 3. The first kappa shape index (κ1) is 10.7. The van der Waals surface area contributed by atoms with E-state index in [2.05, 4.69) is 9.97 Å². The van der Waals surface area contributed by atoms with Crippen LogP contribution in [0.4, 0.5) is 0 Å². The van der Waals surface area contributed by atoms with Gasteiger partial charge in [-0.05, 0) is 20.8 Å². The van der Waals surface area contributed by atoms with Crippen molar-refractivity contribution in [2.24, 2.45) is 0 Å². The first-order valence-electron chi connectivity index (χ1n) is 4.96. The van der Waals surface area contributed by atoms with Crippen molar-refractivity contribution in [1.29, 1.82) is 0 Å². The van der Waals surface area contributed by atoms with Crippen molar-refractivity contribution in [3.05, 3.63) is 29.5 Å². The van der Waals surface area contributed by atoms with Crippen LogP contribution >= 0.6 is 0 Å². The van der Waals surface area contributed by atoms with Gasteiger partial charge < -0.3 is 0 Å². The Morgan fingerprint density at radius 1 is 1.14 bits per heavy atom. The third kappa shape index (κ3) is 1.76. The molecule has 2 rings (SSSR count). The standard InChI is InChI=1S/C9H11N3.C2H6/c1-6-4-9-11-7(2)8(3)12(9)5-10-6;1-2/h4-5H,1-3H3;1-2H3. The minimum atomic E-state index is 0.984. The second-order valence-electron chi connectivity index (χ2n) is 3.04. The molecule has 0 N–H and O–H groups in total. The van der Waals surface area contributed by atoms with Crippen LogP contribution in [-0.2, 0) is 0 Å². The SMILES string of the molecule is CC.Cc1cc2nc(C)c(C)n2cn1. The van der Waals surface area contributed by atoms with Crippen molar-refractivity contribution in [2.45, 2.75) is 34.6 Å². The number of aryl methyl sites for hydroxylation is 3. The molecule has 76 valence electrons. The van der Waals surface area contributed by atoms with Gasteiger partial charge in [-0.15, -0.1) is 0 Å². The molecule has 14 heavy (non-hydrogen) atoms. The minimum Gasteiger partial charge on any atom is -0.287 e. The molecule has 0 unspecified atom stereocenters. The van der Waals surface area contributed by atoms with Gasteiger partial charge in [-0.1, -0.05) is 13.8 Å². The molecule has 0 amide bonds. The summed E-state index contributed by atoms with van der Waals surface area (Å²) in [4.78, 5) is 8.60. The largest absolute Gasteiger partial charge is 0.287 e. The van der Waals surface area contributed by atoms with Gasteiger partial charge in [0.05, 0.1) is 5.69 Å². The van der Waals surface area contributed by atoms with E-state index in [1.54, 1.807) is 0 Å². The topological polar surface area (TPSA) is 30.2 Å². The molecule has 0 radical (unpaired) electrons. The number of imidazole rings is 1. The second-order valence-corrected chi connectivity index (χ2v) is 3.04. The molecule has 0 saturated carbocycles. The van der Waals surface area contributed by atoms with Gasteiger partial charge in [-0.25, -0.2) is 9.97 Å². The summed E-state index contributed by atoms with van der Waals surface area (Å²) in [6.45, 7) is 10.0. The first-order valence-corrected chi connectivity index (χ1v) is 4.96. The molecule has 2 aromatic heterocycles. The van der Waals surface area contributed by atoms with Crippen LogP contribution in [-0.4, -0.2) is 14.4 Å². The van der Waals surface area contributed by atoms with Crippen LogP contribution < -0.4 is 0 Å². The van der Waals surface area contributed by atoms with E-state index in [0.29, 0.717) is 0 Å². The molecule has 3 nitrogen and oxygen atoms in total. The van der Waals surface area contributed by atoms with E-state index in [0.717, 1.165) is 22.7 Å². The fraction of sp³-hybridized carbons (Fsp3) is 0.455. The van der Waals surface area contributed by atoms with Crippen LogP contribution in [0.2, 0.25) is 0 Å². The van der Waals surface area contributed by atoms with Gasteiger partial charge in [0.25, 0.3) is 0 Å². The number of aromatic nitrogens is 3. The van der Waals surface area contributed by atoms with E-state index in [1.807, 2.05) is 51.4 Å². The molecule has 0 atom stereocenters. The summed E-state index contributed by atoms with van der Waals surface area (Å²) in [7, 11) is 0. The zero-order valence-corrected chi connectivity index (χ0v) is 9.50. The van der Waals surface area contributed by atoms with Crippen molar-refractivity contribution < 1.29 is 0 Å². The van der Waals surface area contributed by atoms with Gasteiger partial charge in [0.2, 0.25) is 0 Å². The highest BCUT2D eigenvalue weighted by atomic mass is 15.1. The van der Waals surface area contributed by atoms with Crippen LogP contribution in [0.1, 0.15) is 30.9 Å².